The Bertz CT molecular complexity index is 733. The summed E-state index contributed by atoms with van der Waals surface area (Å²) in [5.74, 6) is 1.08. The first-order valence-electron chi connectivity index (χ1n) is 9.72. The zero-order valence-corrected chi connectivity index (χ0v) is 15.9. The molecule has 6 nitrogen and oxygen atoms in total. The Morgan fingerprint density at radius 2 is 2.00 bits per heavy atom. The van der Waals surface area contributed by atoms with E-state index in [1.165, 1.54) is 18.5 Å². The van der Waals surface area contributed by atoms with Crippen molar-refractivity contribution in [1.82, 2.24) is 14.7 Å². The predicted octanol–water partition coefficient (Wildman–Crippen LogP) is 2.95. The molecule has 146 valence electrons. The molecule has 0 bridgehead atoms. The lowest BCUT2D eigenvalue weighted by Crippen LogP contribution is -2.44. The molecular formula is C21H29N3O3. The minimum Gasteiger partial charge on any atom is -0.483 e. The summed E-state index contributed by atoms with van der Waals surface area (Å²) < 4.78 is 2.04. The fourth-order valence-corrected chi connectivity index (χ4v) is 4.77. The third kappa shape index (κ3) is 4.22. The second kappa shape index (κ2) is 8.67. The van der Waals surface area contributed by atoms with Crippen LogP contribution in [-0.2, 0) is 11.3 Å². The largest absolute Gasteiger partial charge is 0.483 e. The second-order valence-corrected chi connectivity index (χ2v) is 7.59. The van der Waals surface area contributed by atoms with Crippen molar-refractivity contribution in [2.45, 2.75) is 44.8 Å². The Morgan fingerprint density at radius 3 is 2.70 bits per heavy atom. The maximum atomic E-state index is 11.0. The van der Waals surface area contributed by atoms with E-state index in [0.717, 1.165) is 38.2 Å². The maximum absolute atomic E-state index is 11.0. The third-order valence-electron chi connectivity index (χ3n) is 6.11. The quantitative estimate of drug-likeness (QED) is 0.808. The molecule has 0 amide bonds. The van der Waals surface area contributed by atoms with E-state index < -0.39 is 5.60 Å². The number of fused-ring (bicyclic) bond motifs is 1. The maximum Gasteiger partial charge on any atom is 0.290 e. The van der Waals surface area contributed by atoms with Gasteiger partial charge in [0, 0.05) is 31.7 Å². The number of aliphatic hydroxyl groups is 1. The Labute approximate surface area is 160 Å². The molecule has 1 aliphatic heterocycles. The fourth-order valence-electron chi connectivity index (χ4n) is 4.77. The zero-order chi connectivity index (χ0) is 19.3. The molecule has 1 aromatic carbocycles. The van der Waals surface area contributed by atoms with Crippen LogP contribution in [0.15, 0.2) is 42.6 Å². The Hall–Kier alpha value is -2.18. The molecular weight excluding hydrogens is 342 g/mol. The molecule has 1 saturated heterocycles. The average Bonchev–Trinajstić information content (AvgIpc) is 3.31. The van der Waals surface area contributed by atoms with Gasteiger partial charge in [-0.3, -0.25) is 9.69 Å². The van der Waals surface area contributed by atoms with E-state index >= 15 is 0 Å². The van der Waals surface area contributed by atoms with Crippen LogP contribution in [0.25, 0.3) is 5.69 Å². The van der Waals surface area contributed by atoms with E-state index in [1.54, 1.807) is 0 Å². The highest BCUT2D eigenvalue weighted by molar-refractivity contribution is 5.33. The summed E-state index contributed by atoms with van der Waals surface area (Å²) in [6, 6.07) is 12.4. The molecule has 2 heterocycles. The van der Waals surface area contributed by atoms with E-state index in [-0.39, 0.29) is 6.47 Å². The van der Waals surface area contributed by atoms with Gasteiger partial charge >= 0.3 is 0 Å². The normalized spacial score (nSPS) is 27.5. The van der Waals surface area contributed by atoms with Crippen molar-refractivity contribution in [2.75, 3.05) is 13.1 Å². The number of carbonyl (C=O) groups is 1. The van der Waals surface area contributed by atoms with E-state index in [1.807, 2.05) is 29.1 Å². The van der Waals surface area contributed by atoms with Crippen molar-refractivity contribution in [3.05, 3.63) is 48.3 Å². The van der Waals surface area contributed by atoms with Gasteiger partial charge in [-0.05, 0) is 43.4 Å². The van der Waals surface area contributed by atoms with Crippen LogP contribution in [0, 0.1) is 11.8 Å². The molecule has 1 aliphatic carbocycles. The molecule has 0 spiro atoms. The highest BCUT2D eigenvalue weighted by atomic mass is 16.3. The molecule has 6 heteroatoms. The minimum atomic E-state index is -0.447. The van der Waals surface area contributed by atoms with Gasteiger partial charge in [-0.1, -0.05) is 31.5 Å². The van der Waals surface area contributed by atoms with Gasteiger partial charge in [0.25, 0.3) is 6.47 Å². The van der Waals surface area contributed by atoms with Gasteiger partial charge in [0.05, 0.1) is 17.0 Å². The van der Waals surface area contributed by atoms with Crippen LogP contribution < -0.4 is 0 Å². The van der Waals surface area contributed by atoms with E-state index in [9.17, 15) is 5.11 Å². The summed E-state index contributed by atoms with van der Waals surface area (Å²) in [5, 5.41) is 22.4. The molecule has 0 radical (unpaired) electrons. The van der Waals surface area contributed by atoms with Gasteiger partial charge in [-0.2, -0.15) is 5.10 Å². The van der Waals surface area contributed by atoms with Crippen LogP contribution >= 0.6 is 0 Å². The highest BCUT2D eigenvalue weighted by Crippen LogP contribution is 2.44. The van der Waals surface area contributed by atoms with E-state index in [4.69, 9.17) is 9.90 Å². The molecule has 3 atom stereocenters. The lowest BCUT2D eigenvalue weighted by atomic mass is 9.69. The van der Waals surface area contributed by atoms with Crippen molar-refractivity contribution in [3.8, 4) is 5.69 Å². The number of hydrogen-bond acceptors (Lipinski definition) is 4. The van der Waals surface area contributed by atoms with E-state index in [0.29, 0.717) is 11.8 Å². The first-order chi connectivity index (χ1) is 13.1. The smallest absolute Gasteiger partial charge is 0.290 e. The van der Waals surface area contributed by atoms with Crippen LogP contribution in [0.1, 0.15) is 38.3 Å². The van der Waals surface area contributed by atoms with Gasteiger partial charge in [0.1, 0.15) is 0 Å². The van der Waals surface area contributed by atoms with Gasteiger partial charge in [-0.15, -0.1) is 0 Å². The van der Waals surface area contributed by atoms with Crippen molar-refractivity contribution >= 4 is 6.47 Å². The Morgan fingerprint density at radius 1 is 1.26 bits per heavy atom. The molecule has 2 N–H and O–H groups in total. The topological polar surface area (TPSA) is 78.6 Å². The standard InChI is InChI=1S/C20H27N3O.CH2O2/c1-2-20(24)11-6-7-16-13-22(15-19(16)20)14-18-10-12-21-23(18)17-8-4-3-5-9-17;2-1-3/h3-5,8-10,12,16,19,24H,2,6-7,11,13-15H2,1H3;1H,(H,2,3)/t16-,19+,20-;/m0./s1. The molecule has 27 heavy (non-hydrogen) atoms. The number of carboxylic acid groups (broad SMARTS) is 1. The molecule has 2 aromatic rings. The molecule has 2 aliphatic rings. The van der Waals surface area contributed by atoms with Crippen LogP contribution in [0.4, 0.5) is 0 Å². The number of likely N-dealkylation sites (tertiary alicyclic amines) is 1. The van der Waals surface area contributed by atoms with Crippen LogP contribution in [0.3, 0.4) is 0 Å². The number of nitrogens with zero attached hydrogens (tertiary/aromatic N) is 3. The summed E-state index contributed by atoms with van der Waals surface area (Å²) in [5.41, 5.74) is 1.89. The average molecular weight is 371 g/mol. The number of hydrogen-bond donors (Lipinski definition) is 2. The number of benzene rings is 1. The number of rotatable bonds is 4. The van der Waals surface area contributed by atoms with Crippen molar-refractivity contribution in [2.24, 2.45) is 11.8 Å². The first kappa shape index (κ1) is 19.6. The van der Waals surface area contributed by atoms with Crippen molar-refractivity contribution in [3.63, 3.8) is 0 Å². The summed E-state index contributed by atoms with van der Waals surface area (Å²) in [6.07, 6.45) is 6.17. The zero-order valence-electron chi connectivity index (χ0n) is 15.9. The lowest BCUT2D eigenvalue weighted by Gasteiger charge is -2.40. The second-order valence-electron chi connectivity index (χ2n) is 7.59. The predicted molar refractivity (Wildman–Crippen MR) is 104 cm³/mol. The Balaban J connectivity index is 0.000000659. The highest BCUT2D eigenvalue weighted by Gasteiger charge is 2.47. The lowest BCUT2D eigenvalue weighted by molar-refractivity contribution is -0.122. The third-order valence-corrected chi connectivity index (χ3v) is 6.11. The SMILES string of the molecule is CC[C@]1(O)CCC[C@H]2CN(Cc3ccnn3-c3ccccc3)C[C@H]21.O=CO. The van der Waals surface area contributed by atoms with Gasteiger partial charge in [0.2, 0.25) is 0 Å². The van der Waals surface area contributed by atoms with E-state index in [2.05, 4.69) is 35.1 Å². The molecule has 1 saturated carbocycles. The van der Waals surface area contributed by atoms with Gasteiger partial charge in [-0.25, -0.2) is 4.68 Å². The molecule has 1 aromatic heterocycles. The number of para-hydroxylation sites is 1. The van der Waals surface area contributed by atoms with Crippen LogP contribution in [0.5, 0.6) is 0 Å². The van der Waals surface area contributed by atoms with Crippen molar-refractivity contribution < 1.29 is 15.0 Å². The molecule has 4 rings (SSSR count). The van der Waals surface area contributed by atoms with Gasteiger partial charge in [0.15, 0.2) is 0 Å². The van der Waals surface area contributed by atoms with Crippen LogP contribution in [0.2, 0.25) is 0 Å². The van der Waals surface area contributed by atoms with Gasteiger partial charge < -0.3 is 10.2 Å². The summed E-state index contributed by atoms with van der Waals surface area (Å²) in [7, 11) is 0. The summed E-state index contributed by atoms with van der Waals surface area (Å²) in [4.78, 5) is 10.9. The van der Waals surface area contributed by atoms with Crippen LogP contribution in [-0.4, -0.2) is 50.1 Å². The monoisotopic (exact) mass is 371 g/mol. The fraction of sp³-hybridized carbons (Fsp3) is 0.524. The minimum absolute atomic E-state index is 0.250. The first-order valence-corrected chi connectivity index (χ1v) is 9.72. The summed E-state index contributed by atoms with van der Waals surface area (Å²) >= 11 is 0. The van der Waals surface area contributed by atoms with Crippen molar-refractivity contribution in [1.29, 1.82) is 0 Å². The summed E-state index contributed by atoms with van der Waals surface area (Å²) in [6.45, 7) is 4.90. The molecule has 2 fully saturated rings. The Kier molecular flexibility index (Phi) is 6.29. The number of aromatic nitrogens is 2. The molecule has 0 unspecified atom stereocenters.